The van der Waals surface area contributed by atoms with Gasteiger partial charge in [-0.2, -0.15) is 0 Å². The summed E-state index contributed by atoms with van der Waals surface area (Å²) < 4.78 is 23.5. The third-order valence-electron chi connectivity index (χ3n) is 3.55. The summed E-state index contributed by atoms with van der Waals surface area (Å²) in [5.74, 6) is -0.938. The summed E-state index contributed by atoms with van der Waals surface area (Å²) in [6, 6.07) is 12.7. The first-order valence-corrected chi connectivity index (χ1v) is 8.03. The predicted molar refractivity (Wildman–Crippen MR) is 95.8 cm³/mol. The molecule has 0 atom stereocenters. The molecule has 138 valence electrons. The van der Waals surface area contributed by atoms with Crippen molar-refractivity contribution < 1.29 is 23.5 Å². The van der Waals surface area contributed by atoms with Crippen molar-refractivity contribution in [2.24, 2.45) is 0 Å². The number of carbonyl (C=O) groups excluding carboxylic acids is 2. The number of hydrogen-bond acceptors (Lipinski definition) is 5. The lowest BCUT2D eigenvalue weighted by molar-refractivity contribution is -0.117. The van der Waals surface area contributed by atoms with E-state index in [1.54, 1.807) is 54.4 Å². The zero-order valence-corrected chi connectivity index (χ0v) is 14.7. The standard InChI is InChI=1S/C19H21FN2O4/c1-22(10-11-26-17-9-4-3-8-16(17)20)13-18(23)21-15-7-5-6-14(12-15)19(24)25-2/h3-9,12H,10-11,13H2,1-2H3,(H,21,23). The van der Waals surface area contributed by atoms with E-state index in [0.717, 1.165) is 0 Å². The highest BCUT2D eigenvalue weighted by Gasteiger charge is 2.10. The van der Waals surface area contributed by atoms with Crippen molar-refractivity contribution in [2.45, 2.75) is 0 Å². The third-order valence-corrected chi connectivity index (χ3v) is 3.55. The van der Waals surface area contributed by atoms with Crippen molar-refractivity contribution >= 4 is 17.6 Å². The molecule has 0 fully saturated rings. The second-order valence-electron chi connectivity index (χ2n) is 5.64. The van der Waals surface area contributed by atoms with Crippen LogP contribution in [0, 0.1) is 5.82 Å². The van der Waals surface area contributed by atoms with Crippen LogP contribution in [-0.2, 0) is 9.53 Å². The van der Waals surface area contributed by atoms with Gasteiger partial charge < -0.3 is 14.8 Å². The first-order valence-electron chi connectivity index (χ1n) is 8.03. The fraction of sp³-hybridized carbons (Fsp3) is 0.263. The zero-order chi connectivity index (χ0) is 18.9. The van der Waals surface area contributed by atoms with E-state index in [0.29, 0.717) is 17.8 Å². The summed E-state index contributed by atoms with van der Waals surface area (Å²) in [4.78, 5) is 25.3. The van der Waals surface area contributed by atoms with Crippen molar-refractivity contribution in [3.8, 4) is 5.75 Å². The summed E-state index contributed by atoms with van der Waals surface area (Å²) in [6.07, 6.45) is 0. The quantitative estimate of drug-likeness (QED) is 0.733. The third kappa shape index (κ3) is 5.86. The van der Waals surface area contributed by atoms with Crippen LogP contribution in [0.4, 0.5) is 10.1 Å². The Kier molecular flexibility index (Phi) is 7.11. The van der Waals surface area contributed by atoms with Crippen LogP contribution in [0.5, 0.6) is 5.75 Å². The van der Waals surface area contributed by atoms with Crippen LogP contribution < -0.4 is 10.1 Å². The normalized spacial score (nSPS) is 10.5. The maximum absolute atomic E-state index is 13.4. The molecule has 0 aliphatic heterocycles. The molecule has 0 aromatic heterocycles. The average Bonchev–Trinajstić information content (AvgIpc) is 2.62. The van der Waals surface area contributed by atoms with Crippen molar-refractivity contribution in [2.75, 3.05) is 39.2 Å². The van der Waals surface area contributed by atoms with Gasteiger partial charge in [0.05, 0.1) is 19.2 Å². The maximum atomic E-state index is 13.4. The number of carbonyl (C=O) groups is 2. The number of nitrogens with one attached hydrogen (secondary N) is 1. The first-order chi connectivity index (χ1) is 12.5. The molecule has 2 rings (SSSR count). The number of hydrogen-bond donors (Lipinski definition) is 1. The van der Waals surface area contributed by atoms with E-state index in [1.807, 2.05) is 0 Å². The molecule has 1 amide bonds. The van der Waals surface area contributed by atoms with Crippen molar-refractivity contribution in [1.82, 2.24) is 4.90 Å². The van der Waals surface area contributed by atoms with Crippen LogP contribution in [0.25, 0.3) is 0 Å². The summed E-state index contributed by atoms with van der Waals surface area (Å²) >= 11 is 0. The molecule has 0 spiro atoms. The fourth-order valence-electron chi connectivity index (χ4n) is 2.24. The van der Waals surface area contributed by atoms with E-state index in [9.17, 15) is 14.0 Å². The number of anilines is 1. The van der Waals surface area contributed by atoms with Crippen LogP contribution >= 0.6 is 0 Å². The summed E-state index contributed by atoms with van der Waals surface area (Å²) in [5.41, 5.74) is 0.867. The van der Waals surface area contributed by atoms with Crippen molar-refractivity contribution in [3.63, 3.8) is 0 Å². The summed E-state index contributed by atoms with van der Waals surface area (Å²) in [5, 5.41) is 2.72. The van der Waals surface area contributed by atoms with Gasteiger partial charge >= 0.3 is 5.97 Å². The number of esters is 1. The van der Waals surface area contributed by atoms with Crippen LogP contribution in [0.1, 0.15) is 10.4 Å². The Morgan fingerprint density at radius 3 is 2.65 bits per heavy atom. The van der Waals surface area contributed by atoms with Gasteiger partial charge in [-0.3, -0.25) is 9.69 Å². The minimum Gasteiger partial charge on any atom is -0.489 e. The van der Waals surface area contributed by atoms with E-state index in [-0.39, 0.29) is 24.8 Å². The lowest BCUT2D eigenvalue weighted by atomic mass is 10.2. The lowest BCUT2D eigenvalue weighted by Gasteiger charge is -2.17. The zero-order valence-electron chi connectivity index (χ0n) is 14.7. The molecule has 0 saturated heterocycles. The maximum Gasteiger partial charge on any atom is 0.337 e. The van der Waals surface area contributed by atoms with Crippen molar-refractivity contribution in [1.29, 1.82) is 0 Å². The number of rotatable bonds is 8. The summed E-state index contributed by atoms with van der Waals surface area (Å²) in [6.45, 7) is 0.829. The SMILES string of the molecule is COC(=O)c1cccc(NC(=O)CN(C)CCOc2ccccc2F)c1. The molecule has 7 heteroatoms. The molecule has 0 bridgehead atoms. The van der Waals surface area contributed by atoms with Gasteiger partial charge in [-0.25, -0.2) is 9.18 Å². The number of likely N-dealkylation sites (N-methyl/N-ethyl adjacent to an activating group) is 1. The Balaban J connectivity index is 1.78. The van der Waals surface area contributed by atoms with Crippen LogP contribution in [-0.4, -0.2) is 50.6 Å². The lowest BCUT2D eigenvalue weighted by Crippen LogP contribution is -2.33. The van der Waals surface area contributed by atoms with Gasteiger partial charge in [0.25, 0.3) is 0 Å². The molecule has 0 heterocycles. The number of para-hydroxylation sites is 1. The molecule has 0 aliphatic carbocycles. The average molecular weight is 360 g/mol. The minimum absolute atomic E-state index is 0.128. The van der Waals surface area contributed by atoms with E-state index in [1.165, 1.54) is 13.2 Å². The first kappa shape index (κ1) is 19.4. The molecular weight excluding hydrogens is 339 g/mol. The van der Waals surface area contributed by atoms with E-state index >= 15 is 0 Å². The Morgan fingerprint density at radius 2 is 1.92 bits per heavy atom. The second kappa shape index (κ2) is 9.53. The smallest absolute Gasteiger partial charge is 0.337 e. The van der Waals surface area contributed by atoms with Gasteiger partial charge in [0.2, 0.25) is 5.91 Å². The van der Waals surface area contributed by atoms with Crippen LogP contribution in [0.15, 0.2) is 48.5 Å². The Morgan fingerprint density at radius 1 is 1.15 bits per heavy atom. The topological polar surface area (TPSA) is 67.9 Å². The molecule has 0 unspecified atom stereocenters. The monoisotopic (exact) mass is 360 g/mol. The minimum atomic E-state index is -0.469. The molecule has 0 saturated carbocycles. The summed E-state index contributed by atoms with van der Waals surface area (Å²) in [7, 11) is 3.06. The van der Waals surface area contributed by atoms with Gasteiger partial charge in [-0.05, 0) is 37.4 Å². The molecular formula is C19H21FN2O4. The Hall–Kier alpha value is -2.93. The highest BCUT2D eigenvalue weighted by Crippen LogP contribution is 2.15. The van der Waals surface area contributed by atoms with E-state index < -0.39 is 11.8 Å². The highest BCUT2D eigenvalue weighted by molar-refractivity contribution is 5.95. The van der Waals surface area contributed by atoms with E-state index in [4.69, 9.17) is 4.74 Å². The van der Waals surface area contributed by atoms with Crippen molar-refractivity contribution in [3.05, 3.63) is 59.9 Å². The predicted octanol–water partition coefficient (Wildman–Crippen LogP) is 2.56. The molecule has 2 aromatic carbocycles. The largest absolute Gasteiger partial charge is 0.489 e. The molecule has 26 heavy (non-hydrogen) atoms. The number of nitrogens with zero attached hydrogens (tertiary/aromatic N) is 1. The second-order valence-corrected chi connectivity index (χ2v) is 5.64. The van der Waals surface area contributed by atoms with Gasteiger partial charge in [0, 0.05) is 12.2 Å². The number of ether oxygens (including phenoxy) is 2. The number of amides is 1. The fourth-order valence-corrected chi connectivity index (χ4v) is 2.24. The van der Waals surface area contributed by atoms with Gasteiger partial charge in [-0.1, -0.05) is 18.2 Å². The van der Waals surface area contributed by atoms with Crippen LogP contribution in [0.2, 0.25) is 0 Å². The Bertz CT molecular complexity index is 767. The number of halogens is 1. The number of benzene rings is 2. The van der Waals surface area contributed by atoms with Gasteiger partial charge in [-0.15, -0.1) is 0 Å². The van der Waals surface area contributed by atoms with Crippen LogP contribution in [0.3, 0.4) is 0 Å². The number of methoxy groups -OCH3 is 1. The molecule has 0 radical (unpaired) electrons. The molecule has 6 nitrogen and oxygen atoms in total. The van der Waals surface area contributed by atoms with Gasteiger partial charge in [0.1, 0.15) is 6.61 Å². The molecule has 1 N–H and O–H groups in total. The molecule has 0 aliphatic rings. The van der Waals surface area contributed by atoms with E-state index in [2.05, 4.69) is 10.1 Å². The highest BCUT2D eigenvalue weighted by atomic mass is 19.1. The molecule has 2 aromatic rings. The van der Waals surface area contributed by atoms with Gasteiger partial charge in [0.15, 0.2) is 11.6 Å². The Labute approximate surface area is 151 Å².